The number of likely N-dealkylation sites (N-methyl/N-ethyl adjacent to an activating group) is 1. The van der Waals surface area contributed by atoms with Crippen molar-refractivity contribution in [3.05, 3.63) is 41.0 Å². The standard InChI is InChI=1S/C34H50FN7O5/c1-8-26-31(40-47-39-26)33(45)38-30(23-12-10-19(3)11-13-23)32(44)36-27-15-14-24(16-25(27)35)22(6)29(37-28(43)9-2)34(46)42-17-20(4)41(7)21(5)18-42/h14-16,19-23,29-30H,8-13,17-18H2,1-7H3,(H,36,44)(H,37,43)(H,38,45)/t19-,20-,21+,22-,23-,29+,30-/m0/s1. The molecule has 0 radical (unpaired) electrons. The predicted molar refractivity (Wildman–Crippen MR) is 175 cm³/mol. The van der Waals surface area contributed by atoms with Crippen LogP contribution in [0.4, 0.5) is 10.1 Å². The molecule has 0 unspecified atom stereocenters. The molecule has 5 atom stereocenters. The first-order valence-corrected chi connectivity index (χ1v) is 16.9. The van der Waals surface area contributed by atoms with Gasteiger partial charge < -0.3 is 20.9 Å². The van der Waals surface area contributed by atoms with Gasteiger partial charge in [0.25, 0.3) is 5.91 Å². The maximum atomic E-state index is 15.7. The van der Waals surface area contributed by atoms with E-state index in [1.54, 1.807) is 24.8 Å². The Morgan fingerprint density at radius 3 is 2.26 bits per heavy atom. The molecule has 1 saturated heterocycles. The first kappa shape index (κ1) is 36.0. The SMILES string of the molecule is CCC(=O)N[C@@H](C(=O)N1C[C@@H](C)N(C)[C@@H](C)C1)[C@@H](C)c1ccc(NC(=O)[C@@H](NC(=O)c2nonc2CC)[C@H]2CC[C@H](C)CC2)c(F)c1. The van der Waals surface area contributed by atoms with Crippen molar-refractivity contribution in [2.45, 2.75) is 110 Å². The number of hydrogen-bond donors (Lipinski definition) is 3. The lowest BCUT2D eigenvalue weighted by Crippen LogP contribution is -2.60. The van der Waals surface area contributed by atoms with Crippen LogP contribution in [-0.4, -0.2) is 88.0 Å². The van der Waals surface area contributed by atoms with E-state index in [1.807, 2.05) is 14.0 Å². The van der Waals surface area contributed by atoms with Crippen LogP contribution >= 0.6 is 0 Å². The number of halogens is 1. The summed E-state index contributed by atoms with van der Waals surface area (Å²) in [6.07, 6.45) is 3.94. The third-order valence-corrected chi connectivity index (χ3v) is 10.1. The molecule has 258 valence electrons. The zero-order valence-corrected chi connectivity index (χ0v) is 28.6. The first-order chi connectivity index (χ1) is 22.3. The number of carbonyl (C=O) groups is 4. The van der Waals surface area contributed by atoms with Gasteiger partial charge in [0, 0.05) is 37.5 Å². The first-order valence-electron chi connectivity index (χ1n) is 16.9. The third kappa shape index (κ3) is 8.54. The third-order valence-electron chi connectivity index (χ3n) is 10.1. The van der Waals surface area contributed by atoms with Crippen molar-refractivity contribution in [2.75, 3.05) is 25.5 Å². The number of piperazine rings is 1. The minimum absolute atomic E-state index is 0.0266. The predicted octanol–water partition coefficient (Wildman–Crippen LogP) is 3.88. The van der Waals surface area contributed by atoms with Gasteiger partial charge in [-0.05, 0) is 74.8 Å². The van der Waals surface area contributed by atoms with Crippen molar-refractivity contribution in [3.8, 4) is 0 Å². The number of aromatic nitrogens is 2. The number of rotatable bonds is 11. The fraction of sp³-hybridized carbons (Fsp3) is 0.647. The Kier molecular flexibility index (Phi) is 12.1. The largest absolute Gasteiger partial charge is 0.344 e. The molecule has 3 N–H and O–H groups in total. The molecule has 1 aliphatic heterocycles. The van der Waals surface area contributed by atoms with E-state index in [9.17, 15) is 19.2 Å². The van der Waals surface area contributed by atoms with Crippen LogP contribution in [0.25, 0.3) is 0 Å². The van der Waals surface area contributed by atoms with E-state index in [0.29, 0.717) is 36.7 Å². The molecule has 1 saturated carbocycles. The maximum Gasteiger partial charge on any atom is 0.276 e. The van der Waals surface area contributed by atoms with Crippen LogP contribution in [0.15, 0.2) is 22.8 Å². The quantitative estimate of drug-likeness (QED) is 0.330. The van der Waals surface area contributed by atoms with Gasteiger partial charge in [0.15, 0.2) is 5.69 Å². The molecule has 47 heavy (non-hydrogen) atoms. The molecule has 2 fully saturated rings. The molecule has 1 aromatic heterocycles. The smallest absolute Gasteiger partial charge is 0.276 e. The summed E-state index contributed by atoms with van der Waals surface area (Å²) in [5.74, 6) is -2.45. The number of anilines is 1. The van der Waals surface area contributed by atoms with E-state index in [2.05, 4.69) is 51.9 Å². The summed E-state index contributed by atoms with van der Waals surface area (Å²) in [6.45, 7) is 12.6. The highest BCUT2D eigenvalue weighted by atomic mass is 19.1. The molecule has 13 heteroatoms. The zero-order chi connectivity index (χ0) is 34.4. The van der Waals surface area contributed by atoms with Gasteiger partial charge in [-0.25, -0.2) is 9.02 Å². The summed E-state index contributed by atoms with van der Waals surface area (Å²) >= 11 is 0. The fourth-order valence-corrected chi connectivity index (χ4v) is 6.61. The molecule has 0 spiro atoms. The topological polar surface area (TPSA) is 150 Å². The normalized spacial score (nSPS) is 23.8. The average molecular weight is 656 g/mol. The summed E-state index contributed by atoms with van der Waals surface area (Å²) in [5.41, 5.74) is 0.869. The Bertz CT molecular complexity index is 1410. The van der Waals surface area contributed by atoms with Crippen LogP contribution in [0.5, 0.6) is 0 Å². The molecule has 2 heterocycles. The van der Waals surface area contributed by atoms with Gasteiger partial charge in [0.05, 0.1) is 5.69 Å². The number of amides is 4. The van der Waals surface area contributed by atoms with Crippen molar-refractivity contribution < 1.29 is 28.2 Å². The Balaban J connectivity index is 1.53. The van der Waals surface area contributed by atoms with Gasteiger partial charge in [-0.1, -0.05) is 51.8 Å². The maximum absolute atomic E-state index is 15.7. The Labute approximate surface area is 276 Å². The molecular formula is C34H50FN7O5. The van der Waals surface area contributed by atoms with Crippen LogP contribution in [0.3, 0.4) is 0 Å². The van der Waals surface area contributed by atoms with E-state index in [1.165, 1.54) is 12.1 Å². The van der Waals surface area contributed by atoms with Gasteiger partial charge in [0.1, 0.15) is 23.6 Å². The fourth-order valence-electron chi connectivity index (χ4n) is 6.61. The molecule has 1 aliphatic carbocycles. The average Bonchev–Trinajstić information content (AvgIpc) is 3.54. The second-order valence-electron chi connectivity index (χ2n) is 13.4. The van der Waals surface area contributed by atoms with Crippen molar-refractivity contribution in [1.29, 1.82) is 0 Å². The molecule has 2 aliphatic rings. The molecule has 4 amide bonds. The summed E-state index contributed by atoms with van der Waals surface area (Å²) in [4.78, 5) is 57.1. The highest BCUT2D eigenvalue weighted by molar-refractivity contribution is 6.01. The molecular weight excluding hydrogens is 605 g/mol. The van der Waals surface area contributed by atoms with Crippen molar-refractivity contribution in [2.24, 2.45) is 11.8 Å². The van der Waals surface area contributed by atoms with Gasteiger partial charge in [-0.2, -0.15) is 0 Å². The minimum Gasteiger partial charge on any atom is -0.344 e. The Hall–Kier alpha value is -3.87. The molecule has 0 bridgehead atoms. The lowest BCUT2D eigenvalue weighted by Gasteiger charge is -2.44. The number of nitrogens with zero attached hydrogens (tertiary/aromatic N) is 4. The second-order valence-corrected chi connectivity index (χ2v) is 13.4. The van der Waals surface area contributed by atoms with Crippen LogP contribution in [0.2, 0.25) is 0 Å². The van der Waals surface area contributed by atoms with Crippen LogP contribution in [-0.2, 0) is 20.8 Å². The minimum atomic E-state index is -0.922. The Morgan fingerprint density at radius 2 is 1.66 bits per heavy atom. The molecule has 2 aromatic rings. The Morgan fingerprint density at radius 1 is 1.00 bits per heavy atom. The number of benzene rings is 1. The number of aryl methyl sites for hydroxylation is 1. The van der Waals surface area contributed by atoms with E-state index >= 15 is 4.39 Å². The number of hydrogen-bond acceptors (Lipinski definition) is 8. The van der Waals surface area contributed by atoms with Gasteiger partial charge in [0.2, 0.25) is 17.7 Å². The summed E-state index contributed by atoms with van der Waals surface area (Å²) in [5, 5.41) is 15.9. The lowest BCUT2D eigenvalue weighted by molar-refractivity contribution is -0.140. The van der Waals surface area contributed by atoms with E-state index in [4.69, 9.17) is 4.63 Å². The number of nitrogens with one attached hydrogen (secondary N) is 3. The molecule has 12 nitrogen and oxygen atoms in total. The van der Waals surface area contributed by atoms with Crippen molar-refractivity contribution in [3.63, 3.8) is 0 Å². The van der Waals surface area contributed by atoms with Gasteiger partial charge in [-0.3, -0.25) is 24.1 Å². The van der Waals surface area contributed by atoms with Gasteiger partial charge >= 0.3 is 0 Å². The van der Waals surface area contributed by atoms with E-state index < -0.39 is 35.6 Å². The van der Waals surface area contributed by atoms with Crippen LogP contribution in [0, 0.1) is 17.7 Å². The van der Waals surface area contributed by atoms with Gasteiger partial charge in [-0.15, -0.1) is 0 Å². The monoisotopic (exact) mass is 655 g/mol. The van der Waals surface area contributed by atoms with Crippen molar-refractivity contribution >= 4 is 29.3 Å². The highest BCUT2D eigenvalue weighted by Crippen LogP contribution is 2.32. The van der Waals surface area contributed by atoms with Crippen LogP contribution in [0.1, 0.15) is 101 Å². The van der Waals surface area contributed by atoms with Crippen LogP contribution < -0.4 is 16.0 Å². The number of carbonyl (C=O) groups excluding carboxylic acids is 4. The van der Waals surface area contributed by atoms with E-state index in [0.717, 1.165) is 25.7 Å². The highest BCUT2D eigenvalue weighted by Gasteiger charge is 2.37. The van der Waals surface area contributed by atoms with E-state index in [-0.39, 0.29) is 47.6 Å². The summed E-state index contributed by atoms with van der Waals surface area (Å²) in [6, 6.07) is 2.88. The molecule has 1 aromatic carbocycles. The lowest BCUT2D eigenvalue weighted by atomic mass is 9.79. The summed E-state index contributed by atoms with van der Waals surface area (Å²) in [7, 11) is 2.03. The molecule has 4 rings (SSSR count). The summed E-state index contributed by atoms with van der Waals surface area (Å²) < 4.78 is 20.4. The van der Waals surface area contributed by atoms with Crippen molar-refractivity contribution in [1.82, 2.24) is 30.7 Å². The second kappa shape index (κ2) is 15.8. The zero-order valence-electron chi connectivity index (χ0n) is 28.6.